The maximum absolute atomic E-state index is 10.8. The van der Waals surface area contributed by atoms with E-state index in [9.17, 15) is 10.1 Å². The van der Waals surface area contributed by atoms with Gasteiger partial charge in [-0.25, -0.2) is 4.98 Å². The van der Waals surface area contributed by atoms with Crippen LogP contribution in [0, 0.1) is 21.4 Å². The number of nitrogens with zero attached hydrogens (tertiary/aromatic N) is 4. The molecule has 100 valence electrons. The third kappa shape index (κ3) is 2.64. The number of nitriles is 1. The Morgan fingerprint density at radius 3 is 2.80 bits per heavy atom. The molecule has 2 N–H and O–H groups in total. The SMILES string of the molecule is CN(c1cccc(C#N)c1)c1cc([N+](=O)[O-])cc(N)n1. The number of hydrogen-bond acceptors (Lipinski definition) is 6. The summed E-state index contributed by atoms with van der Waals surface area (Å²) in [6, 6.07) is 11.4. The van der Waals surface area contributed by atoms with E-state index in [4.69, 9.17) is 11.0 Å². The van der Waals surface area contributed by atoms with Crippen LogP contribution in [-0.2, 0) is 0 Å². The fourth-order valence-electron chi connectivity index (χ4n) is 1.72. The van der Waals surface area contributed by atoms with E-state index in [2.05, 4.69) is 4.98 Å². The summed E-state index contributed by atoms with van der Waals surface area (Å²) in [5.41, 5.74) is 6.63. The highest BCUT2D eigenvalue weighted by Gasteiger charge is 2.13. The topological polar surface area (TPSA) is 109 Å². The number of nitro groups is 1. The largest absolute Gasteiger partial charge is 0.383 e. The van der Waals surface area contributed by atoms with Crippen molar-refractivity contribution in [3.05, 3.63) is 52.1 Å². The highest BCUT2D eigenvalue weighted by Crippen LogP contribution is 2.27. The van der Waals surface area contributed by atoms with Gasteiger partial charge in [-0.05, 0) is 18.2 Å². The molecule has 20 heavy (non-hydrogen) atoms. The Balaban J connectivity index is 2.45. The number of anilines is 3. The lowest BCUT2D eigenvalue weighted by molar-refractivity contribution is -0.384. The number of pyridine rings is 1. The quantitative estimate of drug-likeness (QED) is 0.675. The summed E-state index contributed by atoms with van der Waals surface area (Å²) < 4.78 is 0. The van der Waals surface area contributed by atoms with Crippen molar-refractivity contribution >= 4 is 23.0 Å². The van der Waals surface area contributed by atoms with E-state index in [1.54, 1.807) is 36.2 Å². The second kappa shape index (κ2) is 5.24. The van der Waals surface area contributed by atoms with Crippen LogP contribution in [0.25, 0.3) is 0 Å². The Morgan fingerprint density at radius 1 is 1.40 bits per heavy atom. The van der Waals surface area contributed by atoms with Gasteiger partial charge in [-0.3, -0.25) is 10.1 Å². The number of nitrogen functional groups attached to an aromatic ring is 1. The zero-order valence-electron chi connectivity index (χ0n) is 10.6. The average molecular weight is 269 g/mol. The monoisotopic (exact) mass is 269 g/mol. The number of hydrogen-bond donors (Lipinski definition) is 1. The van der Waals surface area contributed by atoms with Crippen molar-refractivity contribution in [2.24, 2.45) is 0 Å². The molecule has 0 saturated heterocycles. The number of aromatic nitrogens is 1. The van der Waals surface area contributed by atoms with Crippen LogP contribution in [0.15, 0.2) is 36.4 Å². The molecular weight excluding hydrogens is 258 g/mol. The normalized spacial score (nSPS) is 9.80. The van der Waals surface area contributed by atoms with Crippen molar-refractivity contribution in [3.63, 3.8) is 0 Å². The first-order valence-corrected chi connectivity index (χ1v) is 5.67. The van der Waals surface area contributed by atoms with Crippen LogP contribution < -0.4 is 10.6 Å². The zero-order valence-corrected chi connectivity index (χ0v) is 10.6. The van der Waals surface area contributed by atoms with Crippen molar-refractivity contribution < 1.29 is 4.92 Å². The maximum atomic E-state index is 10.8. The van der Waals surface area contributed by atoms with Crippen LogP contribution in [0.1, 0.15) is 5.56 Å². The van der Waals surface area contributed by atoms with E-state index in [1.165, 1.54) is 12.1 Å². The molecule has 0 saturated carbocycles. The fraction of sp³-hybridized carbons (Fsp3) is 0.0769. The Kier molecular flexibility index (Phi) is 3.48. The van der Waals surface area contributed by atoms with Crippen LogP contribution in [-0.4, -0.2) is 17.0 Å². The molecule has 0 atom stereocenters. The van der Waals surface area contributed by atoms with Crippen molar-refractivity contribution in [2.45, 2.75) is 0 Å². The molecule has 0 unspecified atom stereocenters. The van der Waals surface area contributed by atoms with Crippen LogP contribution in [0.2, 0.25) is 0 Å². The van der Waals surface area contributed by atoms with Gasteiger partial charge in [0, 0.05) is 12.7 Å². The lowest BCUT2D eigenvalue weighted by Gasteiger charge is -2.18. The third-order valence-corrected chi connectivity index (χ3v) is 2.73. The van der Waals surface area contributed by atoms with Gasteiger partial charge in [0.15, 0.2) is 0 Å². The second-order valence-electron chi connectivity index (χ2n) is 4.09. The summed E-state index contributed by atoms with van der Waals surface area (Å²) in [5, 5.41) is 19.7. The lowest BCUT2D eigenvalue weighted by atomic mass is 10.2. The van der Waals surface area contributed by atoms with Gasteiger partial charge in [0.1, 0.15) is 11.6 Å². The highest BCUT2D eigenvalue weighted by molar-refractivity contribution is 5.64. The first kappa shape index (κ1) is 13.3. The van der Waals surface area contributed by atoms with E-state index < -0.39 is 4.92 Å². The van der Waals surface area contributed by atoms with E-state index in [1.807, 2.05) is 6.07 Å². The van der Waals surface area contributed by atoms with Gasteiger partial charge in [-0.2, -0.15) is 5.26 Å². The zero-order chi connectivity index (χ0) is 14.7. The first-order chi connectivity index (χ1) is 9.51. The highest BCUT2D eigenvalue weighted by atomic mass is 16.6. The molecule has 1 aromatic carbocycles. The standard InChI is InChI=1S/C13H11N5O2/c1-17(10-4-2-3-9(5-10)8-14)13-7-11(18(19)20)6-12(15)16-13/h2-7H,1H3,(H2,15,16). The molecule has 2 rings (SSSR count). The van der Waals surface area contributed by atoms with E-state index in [-0.39, 0.29) is 11.5 Å². The Bertz CT molecular complexity index is 708. The first-order valence-electron chi connectivity index (χ1n) is 5.67. The molecule has 0 aliphatic carbocycles. The van der Waals surface area contributed by atoms with Gasteiger partial charge >= 0.3 is 0 Å². The minimum Gasteiger partial charge on any atom is -0.383 e. The molecule has 0 bridgehead atoms. The summed E-state index contributed by atoms with van der Waals surface area (Å²) >= 11 is 0. The number of nitrogens with two attached hydrogens (primary N) is 1. The molecule has 1 aromatic heterocycles. The predicted octanol–water partition coefficient (Wildman–Crippen LogP) is 2.21. The summed E-state index contributed by atoms with van der Waals surface area (Å²) in [4.78, 5) is 16.0. The van der Waals surface area contributed by atoms with Gasteiger partial charge < -0.3 is 10.6 Å². The Labute approximate surface area is 115 Å². The van der Waals surface area contributed by atoms with Gasteiger partial charge in [0.05, 0.1) is 28.7 Å². The number of benzene rings is 1. The van der Waals surface area contributed by atoms with Crippen molar-refractivity contribution in [1.29, 1.82) is 5.26 Å². The summed E-state index contributed by atoms with van der Waals surface area (Å²) in [6.45, 7) is 0. The van der Waals surface area contributed by atoms with Crippen molar-refractivity contribution in [3.8, 4) is 6.07 Å². The summed E-state index contributed by atoms with van der Waals surface area (Å²) in [5.74, 6) is 0.407. The van der Waals surface area contributed by atoms with Gasteiger partial charge in [0.2, 0.25) is 0 Å². The van der Waals surface area contributed by atoms with E-state index in [0.29, 0.717) is 17.1 Å². The van der Waals surface area contributed by atoms with E-state index in [0.717, 1.165) is 0 Å². The maximum Gasteiger partial charge on any atom is 0.276 e. The van der Waals surface area contributed by atoms with Crippen molar-refractivity contribution in [2.75, 3.05) is 17.7 Å². The molecular formula is C13H11N5O2. The molecule has 0 amide bonds. The molecule has 1 heterocycles. The van der Waals surface area contributed by atoms with Crippen LogP contribution in [0.5, 0.6) is 0 Å². The van der Waals surface area contributed by atoms with Crippen LogP contribution in [0.3, 0.4) is 0 Å². The van der Waals surface area contributed by atoms with E-state index >= 15 is 0 Å². The molecule has 0 aliphatic heterocycles. The Hall–Kier alpha value is -3.14. The molecule has 7 heteroatoms. The fourth-order valence-corrected chi connectivity index (χ4v) is 1.72. The minimum absolute atomic E-state index is 0.0671. The predicted molar refractivity (Wildman–Crippen MR) is 74.5 cm³/mol. The Morgan fingerprint density at radius 2 is 2.15 bits per heavy atom. The second-order valence-corrected chi connectivity index (χ2v) is 4.09. The average Bonchev–Trinajstić information content (AvgIpc) is 2.45. The van der Waals surface area contributed by atoms with Gasteiger partial charge in [-0.1, -0.05) is 6.07 Å². The number of rotatable bonds is 3. The van der Waals surface area contributed by atoms with Crippen LogP contribution >= 0.6 is 0 Å². The smallest absolute Gasteiger partial charge is 0.276 e. The summed E-state index contributed by atoms with van der Waals surface area (Å²) in [7, 11) is 1.70. The molecule has 0 fully saturated rings. The van der Waals surface area contributed by atoms with Crippen molar-refractivity contribution in [1.82, 2.24) is 4.98 Å². The van der Waals surface area contributed by atoms with Gasteiger partial charge in [-0.15, -0.1) is 0 Å². The molecule has 0 aliphatic rings. The minimum atomic E-state index is -0.527. The van der Waals surface area contributed by atoms with Gasteiger partial charge in [0.25, 0.3) is 5.69 Å². The molecule has 7 nitrogen and oxygen atoms in total. The van der Waals surface area contributed by atoms with Crippen LogP contribution in [0.4, 0.5) is 23.0 Å². The molecule has 0 radical (unpaired) electrons. The lowest BCUT2D eigenvalue weighted by Crippen LogP contribution is -2.12. The summed E-state index contributed by atoms with van der Waals surface area (Å²) in [6.07, 6.45) is 0. The third-order valence-electron chi connectivity index (χ3n) is 2.73. The molecule has 2 aromatic rings. The molecule has 0 spiro atoms.